The number of aromatic nitrogens is 4. The molecular formula is C32H20BN8O8-. The first-order chi connectivity index (χ1) is 23.5. The second-order valence-corrected chi connectivity index (χ2v) is 11.9. The van der Waals surface area contributed by atoms with Gasteiger partial charge in [0.1, 0.15) is 0 Å². The minimum atomic E-state index is -2.45. The number of rotatable bonds is 8. The maximum Gasteiger partial charge on any atom is 0.270 e. The number of aromatic amines is 4. The highest BCUT2D eigenvalue weighted by Gasteiger charge is 2.38. The molecule has 4 heterocycles. The van der Waals surface area contributed by atoms with Crippen molar-refractivity contribution in [1.82, 2.24) is 19.9 Å². The normalized spacial score (nSPS) is 11.9. The van der Waals surface area contributed by atoms with Gasteiger partial charge in [-0.2, -0.15) is 0 Å². The van der Waals surface area contributed by atoms with Crippen LogP contribution in [-0.2, 0) is 0 Å². The molecule has 17 heteroatoms. The average Bonchev–Trinajstić information content (AvgIpc) is 3.88. The topological polar surface area (TPSA) is 236 Å². The number of nitro benzene ring substituents is 4. The van der Waals surface area contributed by atoms with Gasteiger partial charge in [-0.3, -0.25) is 40.5 Å². The summed E-state index contributed by atoms with van der Waals surface area (Å²) in [5.41, 5.74) is 4.06. The molecule has 16 nitrogen and oxygen atoms in total. The Bertz CT molecular complexity index is 2350. The van der Waals surface area contributed by atoms with Gasteiger partial charge in [-0.1, -0.05) is 24.3 Å². The Labute approximate surface area is 271 Å². The highest BCUT2D eigenvalue weighted by atomic mass is 16.6. The van der Waals surface area contributed by atoms with Crippen LogP contribution in [0.4, 0.5) is 22.7 Å². The summed E-state index contributed by atoms with van der Waals surface area (Å²) in [5.74, 6) is 0. The Morgan fingerprint density at radius 3 is 0.796 bits per heavy atom. The van der Waals surface area contributed by atoms with Gasteiger partial charge in [0.15, 0.2) is 6.15 Å². The standard InChI is InChI=1S/C32H20BN8O8/c42-38(43)21-1-5-25-17(9-21)13-29(34-25)33(30-14-18-10-22(39(44)45)2-6-26(18)35-30,31-15-19-11-23(40(46)47)3-7-27(19)36-31)32-16-20-12-24(41(48)49)4-8-28(20)37-32/h1-16,34-37H/q-1. The number of fused-ring (bicyclic) bond motifs is 4. The zero-order valence-corrected chi connectivity index (χ0v) is 24.9. The van der Waals surface area contributed by atoms with E-state index in [0.717, 1.165) is 0 Å². The second kappa shape index (κ2) is 10.4. The van der Waals surface area contributed by atoms with E-state index >= 15 is 0 Å². The molecule has 0 radical (unpaired) electrons. The molecule has 8 rings (SSSR count). The fourth-order valence-corrected chi connectivity index (χ4v) is 6.96. The Morgan fingerprint density at radius 2 is 0.592 bits per heavy atom. The first kappa shape index (κ1) is 29.1. The van der Waals surface area contributed by atoms with Crippen LogP contribution in [0.3, 0.4) is 0 Å². The van der Waals surface area contributed by atoms with Crippen molar-refractivity contribution in [1.29, 1.82) is 0 Å². The van der Waals surface area contributed by atoms with Gasteiger partial charge in [-0.15, -0.1) is 22.4 Å². The lowest BCUT2D eigenvalue weighted by Crippen LogP contribution is -2.76. The van der Waals surface area contributed by atoms with Crippen molar-refractivity contribution in [3.8, 4) is 0 Å². The highest BCUT2D eigenvalue weighted by molar-refractivity contribution is 7.19. The molecule has 4 N–H and O–H groups in total. The van der Waals surface area contributed by atoms with Crippen molar-refractivity contribution in [3.05, 3.63) is 138 Å². The molecule has 49 heavy (non-hydrogen) atoms. The molecule has 0 saturated heterocycles. The van der Waals surface area contributed by atoms with E-state index in [1.807, 2.05) is 0 Å². The minimum absolute atomic E-state index is 0.120. The van der Waals surface area contributed by atoms with Crippen LogP contribution in [0.2, 0.25) is 0 Å². The average molecular weight is 655 g/mol. The van der Waals surface area contributed by atoms with Crippen molar-refractivity contribution in [3.63, 3.8) is 0 Å². The van der Waals surface area contributed by atoms with Crippen molar-refractivity contribution in [2.24, 2.45) is 0 Å². The lowest BCUT2D eigenvalue weighted by Gasteiger charge is -2.39. The third-order valence-electron chi connectivity index (χ3n) is 9.21. The first-order valence-corrected chi connectivity index (χ1v) is 14.8. The molecule has 0 saturated carbocycles. The van der Waals surface area contributed by atoms with Gasteiger partial charge in [0.05, 0.1) is 19.7 Å². The van der Waals surface area contributed by atoms with Crippen LogP contribution in [0.5, 0.6) is 0 Å². The lowest BCUT2D eigenvalue weighted by atomic mass is 9.17. The van der Waals surface area contributed by atoms with Gasteiger partial charge in [-0.25, -0.2) is 0 Å². The van der Waals surface area contributed by atoms with E-state index in [2.05, 4.69) is 19.9 Å². The Morgan fingerprint density at radius 1 is 0.367 bits per heavy atom. The molecule has 240 valence electrons. The highest BCUT2D eigenvalue weighted by Crippen LogP contribution is 2.27. The Balaban J connectivity index is 1.51. The van der Waals surface area contributed by atoms with E-state index in [1.54, 1.807) is 48.5 Å². The Kier molecular flexibility index (Phi) is 6.16. The van der Waals surface area contributed by atoms with E-state index in [-0.39, 0.29) is 22.7 Å². The molecule has 0 aliphatic rings. The molecule has 0 aliphatic carbocycles. The summed E-state index contributed by atoms with van der Waals surface area (Å²) in [6, 6.07) is 24.7. The van der Waals surface area contributed by atoms with Crippen molar-refractivity contribution < 1.29 is 19.7 Å². The number of H-pyrrole nitrogens is 4. The number of hydrogen-bond donors (Lipinski definition) is 4. The predicted molar refractivity (Wildman–Crippen MR) is 184 cm³/mol. The van der Waals surface area contributed by atoms with Gasteiger partial charge < -0.3 is 19.9 Å². The summed E-state index contributed by atoms with van der Waals surface area (Å²) in [4.78, 5) is 58.5. The molecule has 0 bridgehead atoms. The molecule has 0 unspecified atom stereocenters. The van der Waals surface area contributed by atoms with Gasteiger partial charge in [-0.05, 0) is 24.3 Å². The van der Waals surface area contributed by atoms with Crippen molar-refractivity contribution in [2.75, 3.05) is 0 Å². The number of nitro groups is 4. The smallest absolute Gasteiger partial charge is 0.270 e. The summed E-state index contributed by atoms with van der Waals surface area (Å²) in [6.07, 6.45) is -2.45. The number of nitrogens with one attached hydrogen (secondary N) is 4. The van der Waals surface area contributed by atoms with Gasteiger partial charge in [0.2, 0.25) is 0 Å². The molecular weight excluding hydrogens is 635 g/mol. The van der Waals surface area contributed by atoms with E-state index in [0.29, 0.717) is 66.0 Å². The first-order valence-electron chi connectivity index (χ1n) is 14.8. The third kappa shape index (κ3) is 4.48. The van der Waals surface area contributed by atoms with Crippen LogP contribution in [0, 0.1) is 40.5 Å². The maximum absolute atomic E-state index is 11.7. The third-order valence-corrected chi connectivity index (χ3v) is 9.21. The summed E-state index contributed by atoms with van der Waals surface area (Å²) >= 11 is 0. The largest absolute Gasteiger partial charge is 0.395 e. The fourth-order valence-electron chi connectivity index (χ4n) is 6.96. The van der Waals surface area contributed by atoms with Gasteiger partial charge in [0, 0.05) is 92.1 Å². The lowest BCUT2D eigenvalue weighted by molar-refractivity contribution is -0.384. The fraction of sp³-hybridized carbons (Fsp3) is 0. The van der Waals surface area contributed by atoms with Crippen molar-refractivity contribution in [2.45, 2.75) is 0 Å². The monoisotopic (exact) mass is 655 g/mol. The van der Waals surface area contributed by atoms with E-state index in [1.165, 1.54) is 48.5 Å². The van der Waals surface area contributed by atoms with Crippen LogP contribution in [0.25, 0.3) is 43.6 Å². The van der Waals surface area contributed by atoms with Crippen LogP contribution in [-0.4, -0.2) is 45.8 Å². The maximum atomic E-state index is 11.7. The number of non-ortho nitro benzene ring substituents is 4. The predicted octanol–water partition coefficient (Wildman–Crippen LogP) is 4.62. The molecule has 0 atom stereocenters. The Hall–Kier alpha value is -7.30. The van der Waals surface area contributed by atoms with Gasteiger partial charge in [0.25, 0.3) is 22.7 Å². The van der Waals surface area contributed by atoms with Crippen LogP contribution in [0.1, 0.15) is 0 Å². The molecule has 4 aromatic heterocycles. The van der Waals surface area contributed by atoms with Crippen LogP contribution >= 0.6 is 0 Å². The molecule has 0 spiro atoms. The summed E-state index contributed by atoms with van der Waals surface area (Å²) in [6.45, 7) is 0. The van der Waals surface area contributed by atoms with Crippen molar-refractivity contribution >= 4 is 94.9 Å². The molecule has 0 amide bonds. The zero-order valence-electron chi connectivity index (χ0n) is 24.9. The quantitative estimate of drug-likeness (QED) is 0.102. The van der Waals surface area contributed by atoms with E-state index < -0.39 is 25.8 Å². The minimum Gasteiger partial charge on any atom is -0.395 e. The molecule has 8 aromatic rings. The van der Waals surface area contributed by atoms with Crippen LogP contribution < -0.4 is 22.4 Å². The van der Waals surface area contributed by atoms with Crippen LogP contribution in [0.15, 0.2) is 97.1 Å². The summed E-state index contributed by atoms with van der Waals surface area (Å²) in [5, 5.41) is 48.8. The van der Waals surface area contributed by atoms with E-state index in [4.69, 9.17) is 0 Å². The molecule has 4 aromatic carbocycles. The number of hydrogen-bond acceptors (Lipinski definition) is 8. The summed E-state index contributed by atoms with van der Waals surface area (Å²) < 4.78 is 0. The molecule has 0 fully saturated rings. The SMILES string of the molecule is O=[N+]([O-])c1ccc2[nH]c([B-](c3cc4cc([N+](=O)[O-])ccc4[nH]3)(c3cc4cc([N+](=O)[O-])ccc4[nH]3)c3cc4cc([N+](=O)[O-])ccc4[nH]3)cc2c1. The summed E-state index contributed by atoms with van der Waals surface area (Å²) in [7, 11) is 0. The number of nitrogens with zero attached hydrogens (tertiary/aromatic N) is 4. The van der Waals surface area contributed by atoms with Gasteiger partial charge >= 0.3 is 0 Å². The number of benzene rings is 4. The molecule has 0 aliphatic heterocycles. The second-order valence-electron chi connectivity index (χ2n) is 11.9. The zero-order chi connectivity index (χ0) is 34.2. The van der Waals surface area contributed by atoms with E-state index in [9.17, 15) is 40.5 Å².